The van der Waals surface area contributed by atoms with Gasteiger partial charge in [0.05, 0.1) is 11.3 Å². The lowest BCUT2D eigenvalue weighted by Crippen LogP contribution is -2.51. The molecule has 0 aliphatic carbocycles. The van der Waals surface area contributed by atoms with Crippen molar-refractivity contribution in [3.8, 4) is 0 Å². The van der Waals surface area contributed by atoms with E-state index in [0.717, 1.165) is 24.9 Å². The second-order valence-corrected chi connectivity index (χ2v) is 8.04. The van der Waals surface area contributed by atoms with Gasteiger partial charge < -0.3 is 26.3 Å². The normalized spacial score (nSPS) is 20.9. The molecule has 7 heteroatoms. The van der Waals surface area contributed by atoms with Crippen molar-refractivity contribution in [1.82, 2.24) is 20.6 Å². The first-order valence-electron chi connectivity index (χ1n) is 10.3. The molecule has 2 fully saturated rings. The molecule has 2 saturated heterocycles. The fraction of sp³-hybridized carbons (Fsp3) is 0.364. The van der Waals surface area contributed by atoms with E-state index in [4.69, 9.17) is 5.73 Å². The Morgan fingerprint density at radius 2 is 1.93 bits per heavy atom. The van der Waals surface area contributed by atoms with Crippen molar-refractivity contribution >= 4 is 28.3 Å². The van der Waals surface area contributed by atoms with Gasteiger partial charge in [-0.25, -0.2) is 4.98 Å². The van der Waals surface area contributed by atoms with E-state index in [2.05, 4.69) is 49.8 Å². The largest absolute Gasteiger partial charge is 0.397 e. The Kier molecular flexibility index (Phi) is 4.60. The average Bonchev–Trinajstić information content (AvgIpc) is 3.35. The van der Waals surface area contributed by atoms with E-state index < -0.39 is 0 Å². The summed E-state index contributed by atoms with van der Waals surface area (Å²) in [5, 5.41) is 7.40. The van der Waals surface area contributed by atoms with Crippen LogP contribution in [0.4, 0.5) is 11.4 Å². The molecule has 1 amide bonds. The maximum Gasteiger partial charge on any atom is 0.254 e. The molecular weight excluding hydrogens is 364 g/mol. The number of fused-ring (bicyclic) bond motifs is 3. The molecule has 0 saturated carbocycles. The molecule has 2 unspecified atom stereocenters. The summed E-state index contributed by atoms with van der Waals surface area (Å²) >= 11 is 0. The highest BCUT2D eigenvalue weighted by molar-refractivity contribution is 6.05. The highest BCUT2D eigenvalue weighted by Crippen LogP contribution is 2.25. The van der Waals surface area contributed by atoms with Crippen molar-refractivity contribution in [3.63, 3.8) is 0 Å². The lowest BCUT2D eigenvalue weighted by molar-refractivity contribution is 0.0955. The van der Waals surface area contributed by atoms with Crippen molar-refractivity contribution in [3.05, 3.63) is 53.9 Å². The maximum atomic E-state index is 12.5. The third kappa shape index (κ3) is 3.53. The number of nitrogen functional groups attached to an aromatic ring is 1. The smallest absolute Gasteiger partial charge is 0.254 e. The summed E-state index contributed by atoms with van der Waals surface area (Å²) < 4.78 is 0. The summed E-state index contributed by atoms with van der Waals surface area (Å²) in [4.78, 5) is 22.2. The average molecular weight is 390 g/mol. The number of aromatic amines is 1. The Hall–Kier alpha value is -3.06. The topological polar surface area (TPSA) is 99.1 Å². The van der Waals surface area contributed by atoms with Crippen LogP contribution >= 0.6 is 0 Å². The number of hydrogen-bond acceptors (Lipinski definition) is 5. The molecule has 3 aromatic rings. The standard InChI is InChI=1S/C22H26N6O/c23-20-18-8-10-24-21(18)26-11-19(20)22(29)25-9-7-14-1-5-17(6-2-14)28-12-15-3-4-16(13-28)27-15/h1-2,5-6,8,10-11,15-16,27H,3-4,7,9,12-13H2,(H,25,29)(H3,23,24,26). The van der Waals surface area contributed by atoms with Gasteiger partial charge >= 0.3 is 0 Å². The SMILES string of the molecule is Nc1c(C(=O)NCCc2ccc(N3CC4CCC(C3)N4)cc2)cnc2[nH]ccc12. The Morgan fingerprint density at radius 3 is 2.69 bits per heavy atom. The molecule has 5 rings (SSSR count). The molecule has 1 aromatic carbocycles. The van der Waals surface area contributed by atoms with Gasteiger partial charge in [-0.05, 0) is 43.0 Å². The lowest BCUT2D eigenvalue weighted by Gasteiger charge is -2.34. The van der Waals surface area contributed by atoms with Crippen LogP contribution in [0.15, 0.2) is 42.7 Å². The number of pyridine rings is 1. The number of nitrogens with two attached hydrogens (primary N) is 1. The van der Waals surface area contributed by atoms with Crippen LogP contribution in [0.25, 0.3) is 11.0 Å². The van der Waals surface area contributed by atoms with Gasteiger partial charge in [0.2, 0.25) is 0 Å². The fourth-order valence-electron chi connectivity index (χ4n) is 4.51. The van der Waals surface area contributed by atoms with Crippen molar-refractivity contribution in [2.75, 3.05) is 30.3 Å². The lowest BCUT2D eigenvalue weighted by atomic mass is 10.1. The van der Waals surface area contributed by atoms with Crippen LogP contribution in [0.5, 0.6) is 0 Å². The summed E-state index contributed by atoms with van der Waals surface area (Å²) in [7, 11) is 0. The minimum atomic E-state index is -0.189. The van der Waals surface area contributed by atoms with E-state index in [9.17, 15) is 4.79 Å². The number of rotatable bonds is 5. The molecule has 2 aliphatic heterocycles. The minimum absolute atomic E-state index is 0.189. The molecule has 150 valence electrons. The summed E-state index contributed by atoms with van der Waals surface area (Å²) in [5.41, 5.74) is 10.2. The van der Waals surface area contributed by atoms with Crippen LogP contribution in [-0.2, 0) is 6.42 Å². The van der Waals surface area contributed by atoms with Gasteiger partial charge in [-0.15, -0.1) is 0 Å². The monoisotopic (exact) mass is 390 g/mol. The number of anilines is 2. The summed E-state index contributed by atoms with van der Waals surface area (Å²) in [6, 6.07) is 11.8. The van der Waals surface area contributed by atoms with Crippen molar-refractivity contribution in [2.24, 2.45) is 0 Å². The number of aromatic nitrogens is 2. The van der Waals surface area contributed by atoms with Crippen molar-refractivity contribution in [1.29, 1.82) is 0 Å². The van der Waals surface area contributed by atoms with E-state index in [1.165, 1.54) is 30.3 Å². The Bertz CT molecular complexity index is 1020. The number of carbonyl (C=O) groups excluding carboxylic acids is 1. The predicted molar refractivity (Wildman–Crippen MR) is 115 cm³/mol. The van der Waals surface area contributed by atoms with Crippen molar-refractivity contribution in [2.45, 2.75) is 31.3 Å². The number of carbonyl (C=O) groups is 1. The first-order chi connectivity index (χ1) is 14.2. The van der Waals surface area contributed by atoms with E-state index in [0.29, 0.717) is 35.5 Å². The minimum Gasteiger partial charge on any atom is -0.397 e. The summed E-state index contributed by atoms with van der Waals surface area (Å²) in [5.74, 6) is -0.189. The highest BCUT2D eigenvalue weighted by Gasteiger charge is 2.32. The zero-order chi connectivity index (χ0) is 19.8. The number of nitrogens with one attached hydrogen (secondary N) is 3. The van der Waals surface area contributed by atoms with Crippen LogP contribution in [0.2, 0.25) is 0 Å². The molecule has 0 radical (unpaired) electrons. The summed E-state index contributed by atoms with van der Waals surface area (Å²) in [6.07, 6.45) is 6.65. The number of hydrogen-bond donors (Lipinski definition) is 4. The number of benzene rings is 1. The van der Waals surface area contributed by atoms with Crippen molar-refractivity contribution < 1.29 is 4.79 Å². The van der Waals surface area contributed by atoms with E-state index in [-0.39, 0.29) is 5.91 Å². The quantitative estimate of drug-likeness (QED) is 0.534. The first-order valence-corrected chi connectivity index (χ1v) is 10.3. The molecule has 2 bridgehead atoms. The number of amides is 1. The van der Waals surface area contributed by atoms with E-state index in [1.807, 2.05) is 6.07 Å². The molecule has 7 nitrogen and oxygen atoms in total. The van der Waals surface area contributed by atoms with Gasteiger partial charge in [-0.1, -0.05) is 12.1 Å². The third-order valence-corrected chi connectivity index (χ3v) is 6.09. The number of nitrogens with zero attached hydrogens (tertiary/aromatic N) is 2. The van der Waals surface area contributed by atoms with Gasteiger partial charge in [0.15, 0.2) is 0 Å². The Balaban J connectivity index is 1.17. The zero-order valence-corrected chi connectivity index (χ0v) is 16.3. The van der Waals surface area contributed by atoms with Gasteiger partial charge in [-0.2, -0.15) is 0 Å². The third-order valence-electron chi connectivity index (χ3n) is 6.09. The first kappa shape index (κ1) is 18.0. The Morgan fingerprint density at radius 1 is 1.17 bits per heavy atom. The second-order valence-electron chi connectivity index (χ2n) is 8.04. The van der Waals surface area contributed by atoms with E-state index in [1.54, 1.807) is 6.20 Å². The molecule has 2 atom stereocenters. The number of piperazine rings is 1. The fourth-order valence-corrected chi connectivity index (χ4v) is 4.51. The van der Waals surface area contributed by atoms with E-state index >= 15 is 0 Å². The maximum absolute atomic E-state index is 12.5. The molecular formula is C22H26N6O. The molecule has 0 spiro atoms. The van der Waals surface area contributed by atoms with Gasteiger partial charge in [0, 0.05) is 55.2 Å². The predicted octanol–water partition coefficient (Wildman–Crippen LogP) is 2.06. The molecule has 4 heterocycles. The van der Waals surface area contributed by atoms with Crippen LogP contribution in [0.3, 0.4) is 0 Å². The Labute approximate surface area is 169 Å². The summed E-state index contributed by atoms with van der Waals surface area (Å²) in [6.45, 7) is 2.74. The second kappa shape index (κ2) is 7.40. The highest BCUT2D eigenvalue weighted by atomic mass is 16.1. The van der Waals surface area contributed by atoms with Crippen LogP contribution in [0.1, 0.15) is 28.8 Å². The molecule has 2 aromatic heterocycles. The molecule has 2 aliphatic rings. The number of H-pyrrole nitrogens is 1. The van der Waals surface area contributed by atoms with Crippen LogP contribution < -0.4 is 21.3 Å². The van der Waals surface area contributed by atoms with Crippen LogP contribution in [-0.4, -0.2) is 47.6 Å². The van der Waals surface area contributed by atoms with Gasteiger partial charge in [-0.3, -0.25) is 4.79 Å². The van der Waals surface area contributed by atoms with Crippen LogP contribution in [0, 0.1) is 0 Å². The van der Waals surface area contributed by atoms with Gasteiger partial charge in [0.1, 0.15) is 5.65 Å². The zero-order valence-electron chi connectivity index (χ0n) is 16.3. The molecule has 29 heavy (non-hydrogen) atoms. The molecule has 5 N–H and O–H groups in total. The van der Waals surface area contributed by atoms with Gasteiger partial charge in [0.25, 0.3) is 5.91 Å².